The molecule has 0 spiro atoms. The summed E-state index contributed by atoms with van der Waals surface area (Å²) in [6.07, 6.45) is 26.8. The second-order valence-corrected chi connectivity index (χ2v) is 13.4. The Kier molecular flexibility index (Phi) is 21.8. The van der Waals surface area contributed by atoms with E-state index in [4.69, 9.17) is 24.4 Å². The second kappa shape index (κ2) is 24.9. The molecule has 2 aliphatic rings. The summed E-state index contributed by atoms with van der Waals surface area (Å²) in [4.78, 5) is 29.6. The molecule has 47 heavy (non-hydrogen) atoms. The number of hydrogen-bond acceptors (Lipinski definition) is 8. The molecule has 0 bridgehead atoms. The molecule has 270 valence electrons. The Labute approximate surface area is 290 Å². The van der Waals surface area contributed by atoms with E-state index in [2.05, 4.69) is 18.8 Å². The van der Waals surface area contributed by atoms with Crippen molar-refractivity contribution in [3.05, 3.63) is 17.8 Å². The molecule has 0 saturated carbocycles. The summed E-state index contributed by atoms with van der Waals surface area (Å²) in [7, 11) is 0. The lowest BCUT2D eigenvalue weighted by Gasteiger charge is -2.22. The standard InChI is InChI=1S/C37H63N3O6.ClH/c1-3-5-7-9-11-13-15-17-19-21-23-25-32(41)43-29-30-34(35-36(44-30)40-28-27-31(38)39-37(40)46-35)45-33(42)26-24-22-20-18-16-14-12-10-8-6-4-2;/h27-28,30,34-36,38H,3-26,29H2,1-2H3;1H/t30-,34-,35+,36-;/m1./s1. The van der Waals surface area contributed by atoms with Gasteiger partial charge in [-0.15, -0.1) is 12.4 Å². The topological polar surface area (TPSA) is 113 Å². The van der Waals surface area contributed by atoms with Crippen LogP contribution in [0.2, 0.25) is 0 Å². The molecule has 1 fully saturated rings. The quantitative estimate of drug-likeness (QED) is 0.0727. The predicted octanol–water partition coefficient (Wildman–Crippen LogP) is 9.30. The average molecular weight is 682 g/mol. The molecule has 0 aliphatic carbocycles. The van der Waals surface area contributed by atoms with Crippen LogP contribution in [0.3, 0.4) is 0 Å². The maximum absolute atomic E-state index is 12.9. The van der Waals surface area contributed by atoms with Crippen molar-refractivity contribution >= 4 is 24.3 Å². The maximum Gasteiger partial charge on any atom is 0.306 e. The highest BCUT2D eigenvalue weighted by Gasteiger charge is 2.54. The monoisotopic (exact) mass is 681 g/mol. The third-order valence-corrected chi connectivity index (χ3v) is 9.28. The first-order valence-corrected chi connectivity index (χ1v) is 18.8. The highest BCUT2D eigenvalue weighted by molar-refractivity contribution is 5.85. The van der Waals surface area contributed by atoms with Gasteiger partial charge in [0.2, 0.25) is 0 Å². The summed E-state index contributed by atoms with van der Waals surface area (Å²) in [5, 5.41) is 7.82. The zero-order chi connectivity index (χ0) is 32.8. The number of rotatable bonds is 27. The Morgan fingerprint density at radius 3 is 1.72 bits per heavy atom. The highest BCUT2D eigenvalue weighted by Crippen LogP contribution is 2.40. The van der Waals surface area contributed by atoms with Crippen molar-refractivity contribution in [2.75, 3.05) is 6.61 Å². The van der Waals surface area contributed by atoms with Crippen LogP contribution in [0.1, 0.15) is 174 Å². The predicted molar refractivity (Wildman–Crippen MR) is 187 cm³/mol. The van der Waals surface area contributed by atoms with Gasteiger partial charge < -0.3 is 18.9 Å². The summed E-state index contributed by atoms with van der Waals surface area (Å²) in [6.45, 7) is 4.50. The van der Waals surface area contributed by atoms with Crippen molar-refractivity contribution in [1.82, 2.24) is 9.55 Å². The van der Waals surface area contributed by atoms with Crippen molar-refractivity contribution in [2.24, 2.45) is 0 Å². The Morgan fingerprint density at radius 1 is 0.745 bits per heavy atom. The molecule has 9 nitrogen and oxygen atoms in total. The summed E-state index contributed by atoms with van der Waals surface area (Å²) in [5.74, 6) is -0.543. The molecule has 4 atom stereocenters. The lowest BCUT2D eigenvalue weighted by atomic mass is 10.1. The molecule has 10 heteroatoms. The first-order chi connectivity index (χ1) is 22.5. The summed E-state index contributed by atoms with van der Waals surface area (Å²) in [5.41, 5.74) is 0.0872. The lowest BCUT2D eigenvalue weighted by Crippen LogP contribution is -2.40. The van der Waals surface area contributed by atoms with E-state index in [9.17, 15) is 9.59 Å². The van der Waals surface area contributed by atoms with Crippen LogP contribution in [0.25, 0.3) is 0 Å². The van der Waals surface area contributed by atoms with Crippen LogP contribution in [-0.2, 0) is 23.8 Å². The van der Waals surface area contributed by atoms with Crippen molar-refractivity contribution in [3.63, 3.8) is 0 Å². The van der Waals surface area contributed by atoms with Gasteiger partial charge in [0.15, 0.2) is 23.9 Å². The Morgan fingerprint density at radius 2 is 1.21 bits per heavy atom. The van der Waals surface area contributed by atoms with Crippen LogP contribution < -0.4 is 10.2 Å². The number of esters is 2. The second-order valence-electron chi connectivity index (χ2n) is 13.4. The minimum atomic E-state index is -0.726. The Balaban J connectivity index is 0.00000768. The number of aromatic nitrogens is 2. The fourth-order valence-electron chi connectivity index (χ4n) is 6.47. The van der Waals surface area contributed by atoms with Gasteiger partial charge in [0.25, 0.3) is 0 Å². The highest BCUT2D eigenvalue weighted by atomic mass is 35.5. The summed E-state index contributed by atoms with van der Waals surface area (Å²) in [6, 6.07) is 1.83. The van der Waals surface area contributed by atoms with Crippen molar-refractivity contribution in [3.8, 4) is 6.01 Å². The van der Waals surface area contributed by atoms with Gasteiger partial charge >= 0.3 is 17.9 Å². The van der Waals surface area contributed by atoms with E-state index in [0.717, 1.165) is 38.5 Å². The Hall–Kier alpha value is -2.13. The minimum Gasteiger partial charge on any atom is -0.463 e. The number of hydrogen-bond donors (Lipinski definition) is 1. The number of fused-ring (bicyclic) bond motifs is 3. The maximum atomic E-state index is 12.9. The Bertz CT molecular complexity index is 1050. The molecular weight excluding hydrogens is 618 g/mol. The lowest BCUT2D eigenvalue weighted by molar-refractivity contribution is -0.160. The number of nitrogens with one attached hydrogen (secondary N) is 1. The van der Waals surface area contributed by atoms with Crippen LogP contribution in [0.15, 0.2) is 12.3 Å². The van der Waals surface area contributed by atoms with Gasteiger partial charge in [0.05, 0.1) is 0 Å². The van der Waals surface area contributed by atoms with Gasteiger partial charge in [0.1, 0.15) is 12.7 Å². The third-order valence-electron chi connectivity index (χ3n) is 9.28. The fraction of sp³-hybridized carbons (Fsp3) is 0.838. The molecule has 0 radical (unpaired) electrons. The van der Waals surface area contributed by atoms with E-state index in [1.54, 1.807) is 16.8 Å². The van der Waals surface area contributed by atoms with E-state index in [1.165, 1.54) is 103 Å². The zero-order valence-electron chi connectivity index (χ0n) is 29.4. The number of ether oxygens (including phenoxy) is 4. The number of carbonyl (C=O) groups excluding carboxylic acids is 2. The molecular formula is C37H64ClN3O6. The third kappa shape index (κ3) is 15.8. The van der Waals surface area contributed by atoms with E-state index in [0.29, 0.717) is 12.8 Å². The molecule has 2 aliphatic heterocycles. The number of carbonyl (C=O) groups is 2. The average Bonchev–Trinajstić information content (AvgIpc) is 3.56. The van der Waals surface area contributed by atoms with Gasteiger partial charge in [0, 0.05) is 19.0 Å². The van der Waals surface area contributed by atoms with Gasteiger partial charge in [-0.1, -0.05) is 142 Å². The van der Waals surface area contributed by atoms with E-state index in [1.807, 2.05) is 0 Å². The van der Waals surface area contributed by atoms with Gasteiger partial charge in [-0.25, -0.2) is 0 Å². The molecule has 3 heterocycles. The SMILES string of the molecule is CCCCCCCCCCCCCC(=O)OC[C@H]1O[C@@H]2[C@@H](Oc3nc(=N)ccn32)[C@@H]1OC(=O)CCCCCCCCCCCCC.Cl. The number of halogens is 1. The van der Waals surface area contributed by atoms with Gasteiger partial charge in [-0.05, 0) is 18.9 Å². The summed E-state index contributed by atoms with van der Waals surface area (Å²) < 4.78 is 25.5. The van der Waals surface area contributed by atoms with Crippen molar-refractivity contribution < 1.29 is 28.5 Å². The zero-order valence-corrected chi connectivity index (χ0v) is 30.2. The molecule has 1 N–H and O–H groups in total. The fourth-order valence-corrected chi connectivity index (χ4v) is 6.47. The molecule has 1 saturated heterocycles. The molecule has 1 aromatic heterocycles. The van der Waals surface area contributed by atoms with Crippen LogP contribution in [0, 0.1) is 5.41 Å². The molecule has 0 aromatic carbocycles. The van der Waals surface area contributed by atoms with Gasteiger partial charge in [-0.2, -0.15) is 4.98 Å². The molecule has 0 amide bonds. The number of unbranched alkanes of at least 4 members (excludes halogenated alkanes) is 20. The normalized spacial score (nSPS) is 19.4. The summed E-state index contributed by atoms with van der Waals surface area (Å²) >= 11 is 0. The molecule has 1 aromatic rings. The largest absolute Gasteiger partial charge is 0.463 e. The van der Waals surface area contributed by atoms with E-state index >= 15 is 0 Å². The molecule has 0 unspecified atom stereocenters. The van der Waals surface area contributed by atoms with E-state index in [-0.39, 0.29) is 42.5 Å². The van der Waals surface area contributed by atoms with Crippen molar-refractivity contribution in [2.45, 2.75) is 192 Å². The molecule has 3 rings (SSSR count). The van der Waals surface area contributed by atoms with Crippen LogP contribution in [0.4, 0.5) is 0 Å². The first-order valence-electron chi connectivity index (χ1n) is 18.8. The van der Waals surface area contributed by atoms with Crippen LogP contribution >= 0.6 is 12.4 Å². The van der Waals surface area contributed by atoms with Crippen molar-refractivity contribution in [1.29, 1.82) is 5.41 Å². The van der Waals surface area contributed by atoms with Crippen LogP contribution in [0.5, 0.6) is 6.01 Å². The van der Waals surface area contributed by atoms with Gasteiger partial charge in [-0.3, -0.25) is 19.6 Å². The van der Waals surface area contributed by atoms with Crippen LogP contribution in [-0.4, -0.2) is 46.4 Å². The smallest absolute Gasteiger partial charge is 0.306 e. The first kappa shape index (κ1) is 41.0. The minimum absolute atomic E-state index is 0. The van der Waals surface area contributed by atoms with E-state index < -0.39 is 24.5 Å². The number of nitrogens with zero attached hydrogens (tertiary/aromatic N) is 2.